The van der Waals surface area contributed by atoms with Gasteiger partial charge in [0.05, 0.1) is 19.1 Å². The van der Waals surface area contributed by atoms with Crippen LogP contribution in [0.25, 0.3) is 0 Å². The van der Waals surface area contributed by atoms with Crippen LogP contribution in [0.1, 0.15) is 92.9 Å². The first-order valence-electron chi connectivity index (χ1n) is 21.7. The molecular formula is C47H57F3N6O8. The SMILES string of the molecule is COC(=O)[C@@H]1CCCCNC(=O)CCCNC(=O)[C@@H](Cc2ccc(NC(=O)[C@H](Cc3ccccc3)NC(=O)Cc3ccc(C(F)(F)F)cc3)cc2)NC(=O)CC2(CCCC2)CC(=O)N1. The van der Waals surface area contributed by atoms with Gasteiger partial charge >= 0.3 is 12.1 Å². The number of hydrogen-bond donors (Lipinski definition) is 6. The minimum absolute atomic E-state index is 0.0107. The summed E-state index contributed by atoms with van der Waals surface area (Å²) in [6.45, 7) is 0.561. The Morgan fingerprint density at radius 2 is 1.39 bits per heavy atom. The van der Waals surface area contributed by atoms with Crippen molar-refractivity contribution < 1.29 is 51.5 Å². The summed E-state index contributed by atoms with van der Waals surface area (Å²) in [5.74, 6) is -3.13. The van der Waals surface area contributed by atoms with Gasteiger partial charge < -0.3 is 36.6 Å². The Kier molecular flexibility index (Phi) is 17.9. The van der Waals surface area contributed by atoms with E-state index in [0.29, 0.717) is 61.9 Å². The molecule has 3 aromatic carbocycles. The fourth-order valence-electron chi connectivity index (χ4n) is 8.18. The lowest BCUT2D eigenvalue weighted by Gasteiger charge is -2.29. The van der Waals surface area contributed by atoms with Gasteiger partial charge in [0.25, 0.3) is 0 Å². The number of ether oxygens (including phenoxy) is 1. The highest BCUT2D eigenvalue weighted by Crippen LogP contribution is 2.44. The molecule has 1 saturated carbocycles. The van der Waals surface area contributed by atoms with Crippen molar-refractivity contribution in [1.29, 1.82) is 0 Å². The van der Waals surface area contributed by atoms with Gasteiger partial charge in [0, 0.05) is 50.9 Å². The zero-order chi connectivity index (χ0) is 46.1. The molecule has 1 spiro atoms. The Labute approximate surface area is 370 Å². The second-order valence-corrected chi connectivity index (χ2v) is 16.6. The van der Waals surface area contributed by atoms with Crippen LogP contribution in [-0.4, -0.2) is 79.7 Å². The minimum atomic E-state index is -4.52. The lowest BCUT2D eigenvalue weighted by Crippen LogP contribution is -2.49. The first-order valence-corrected chi connectivity index (χ1v) is 21.7. The van der Waals surface area contributed by atoms with Crippen molar-refractivity contribution in [2.75, 3.05) is 25.5 Å². The summed E-state index contributed by atoms with van der Waals surface area (Å²) in [6, 6.07) is 16.9. The molecule has 1 aliphatic carbocycles. The first kappa shape index (κ1) is 48.8. The number of methoxy groups -OCH3 is 1. The van der Waals surface area contributed by atoms with Crippen LogP contribution in [0.2, 0.25) is 0 Å². The van der Waals surface area contributed by atoms with E-state index < -0.39 is 64.9 Å². The molecule has 3 aromatic rings. The molecule has 0 unspecified atom stereocenters. The highest BCUT2D eigenvalue weighted by atomic mass is 19.4. The molecule has 0 aromatic heterocycles. The summed E-state index contributed by atoms with van der Waals surface area (Å²) in [5.41, 5.74) is 0.615. The van der Waals surface area contributed by atoms with Gasteiger partial charge in [-0.2, -0.15) is 13.2 Å². The number of alkyl halides is 3. The normalized spacial score (nSPS) is 19.8. The summed E-state index contributed by atoms with van der Waals surface area (Å²) in [5, 5.41) is 16.9. The molecular weight excluding hydrogens is 834 g/mol. The van der Waals surface area contributed by atoms with E-state index >= 15 is 0 Å². The van der Waals surface area contributed by atoms with Crippen LogP contribution < -0.4 is 31.9 Å². The van der Waals surface area contributed by atoms with E-state index in [1.807, 2.05) is 6.07 Å². The molecule has 0 radical (unpaired) electrons. The van der Waals surface area contributed by atoms with Gasteiger partial charge in [0.15, 0.2) is 0 Å². The zero-order valence-electron chi connectivity index (χ0n) is 36.0. The average Bonchev–Trinajstić information content (AvgIpc) is 3.71. The molecule has 2 fully saturated rings. The maximum atomic E-state index is 13.8. The molecule has 6 amide bonds. The highest BCUT2D eigenvalue weighted by Gasteiger charge is 2.39. The lowest BCUT2D eigenvalue weighted by atomic mass is 9.78. The van der Waals surface area contributed by atoms with Gasteiger partial charge in [0.1, 0.15) is 18.1 Å². The summed E-state index contributed by atoms with van der Waals surface area (Å²) in [4.78, 5) is 92.5. The van der Waals surface area contributed by atoms with Crippen LogP contribution in [0.4, 0.5) is 18.9 Å². The zero-order valence-corrected chi connectivity index (χ0v) is 36.0. The van der Waals surface area contributed by atoms with E-state index in [9.17, 15) is 46.7 Å². The fourth-order valence-corrected chi connectivity index (χ4v) is 8.18. The smallest absolute Gasteiger partial charge is 0.416 e. The molecule has 1 aliphatic heterocycles. The molecule has 5 rings (SSSR count). The number of rotatable bonds is 10. The Balaban J connectivity index is 1.27. The van der Waals surface area contributed by atoms with Gasteiger partial charge in [-0.15, -0.1) is 0 Å². The van der Waals surface area contributed by atoms with Crippen molar-refractivity contribution in [3.8, 4) is 0 Å². The maximum absolute atomic E-state index is 13.8. The molecule has 14 nitrogen and oxygen atoms in total. The van der Waals surface area contributed by atoms with Crippen molar-refractivity contribution in [3.05, 3.63) is 101 Å². The average molecular weight is 891 g/mol. The van der Waals surface area contributed by atoms with Crippen molar-refractivity contribution in [2.24, 2.45) is 5.41 Å². The van der Waals surface area contributed by atoms with Gasteiger partial charge in [-0.1, -0.05) is 67.4 Å². The van der Waals surface area contributed by atoms with E-state index in [1.54, 1.807) is 48.5 Å². The number of anilines is 1. The third kappa shape index (κ3) is 15.5. The predicted molar refractivity (Wildman–Crippen MR) is 231 cm³/mol. The number of carbonyl (C=O) groups is 7. The van der Waals surface area contributed by atoms with Crippen molar-refractivity contribution in [1.82, 2.24) is 26.6 Å². The summed E-state index contributed by atoms with van der Waals surface area (Å²) >= 11 is 0. The quantitative estimate of drug-likeness (QED) is 0.155. The Morgan fingerprint density at radius 1 is 0.750 bits per heavy atom. The van der Waals surface area contributed by atoms with Gasteiger partial charge in [-0.05, 0) is 84.9 Å². The number of benzene rings is 3. The maximum Gasteiger partial charge on any atom is 0.416 e. The first-order chi connectivity index (χ1) is 30.6. The van der Waals surface area contributed by atoms with Crippen LogP contribution in [0.5, 0.6) is 0 Å². The van der Waals surface area contributed by atoms with Crippen LogP contribution in [0.3, 0.4) is 0 Å². The predicted octanol–water partition coefficient (Wildman–Crippen LogP) is 4.84. The monoisotopic (exact) mass is 890 g/mol. The Morgan fingerprint density at radius 3 is 2.05 bits per heavy atom. The Hall–Kier alpha value is -6.26. The van der Waals surface area contributed by atoms with E-state index in [2.05, 4.69) is 31.9 Å². The number of nitrogens with one attached hydrogen (secondary N) is 6. The van der Waals surface area contributed by atoms with Crippen LogP contribution in [0, 0.1) is 5.41 Å². The van der Waals surface area contributed by atoms with Gasteiger partial charge in [0.2, 0.25) is 35.4 Å². The molecule has 17 heteroatoms. The molecule has 3 atom stereocenters. The molecule has 1 heterocycles. The van der Waals surface area contributed by atoms with Gasteiger partial charge in [-0.25, -0.2) is 4.79 Å². The second kappa shape index (κ2) is 23.4. The van der Waals surface area contributed by atoms with Crippen LogP contribution >= 0.6 is 0 Å². The molecule has 6 N–H and O–H groups in total. The van der Waals surface area contributed by atoms with Crippen molar-refractivity contribution in [3.63, 3.8) is 0 Å². The number of hydrogen-bond acceptors (Lipinski definition) is 8. The van der Waals surface area contributed by atoms with Crippen molar-refractivity contribution >= 4 is 47.1 Å². The fraction of sp³-hybridized carbons (Fsp3) is 0.468. The van der Waals surface area contributed by atoms with Crippen LogP contribution in [-0.2, 0) is 63.7 Å². The topological polar surface area (TPSA) is 201 Å². The lowest BCUT2D eigenvalue weighted by molar-refractivity contribution is -0.145. The largest absolute Gasteiger partial charge is 0.467 e. The van der Waals surface area contributed by atoms with Crippen molar-refractivity contribution in [2.45, 2.75) is 114 Å². The minimum Gasteiger partial charge on any atom is -0.467 e. The number of halogens is 3. The summed E-state index contributed by atoms with van der Waals surface area (Å²) in [7, 11) is 1.25. The van der Waals surface area contributed by atoms with E-state index in [-0.39, 0.29) is 56.9 Å². The summed E-state index contributed by atoms with van der Waals surface area (Å²) < 4.78 is 44.1. The summed E-state index contributed by atoms with van der Waals surface area (Å²) in [6.07, 6.45) is 0.284. The molecule has 2 aliphatic rings. The number of amides is 6. The van der Waals surface area contributed by atoms with Gasteiger partial charge in [-0.3, -0.25) is 28.8 Å². The molecule has 1 saturated heterocycles. The second-order valence-electron chi connectivity index (χ2n) is 16.6. The molecule has 0 bridgehead atoms. The number of esters is 1. The Bertz CT molecular complexity index is 2080. The van der Waals surface area contributed by atoms with E-state index in [4.69, 9.17) is 4.74 Å². The number of carbonyl (C=O) groups excluding carboxylic acids is 7. The third-order valence-corrected chi connectivity index (χ3v) is 11.6. The van der Waals surface area contributed by atoms with E-state index in [1.165, 1.54) is 19.2 Å². The highest BCUT2D eigenvalue weighted by molar-refractivity contribution is 5.97. The molecule has 344 valence electrons. The molecule has 64 heavy (non-hydrogen) atoms. The van der Waals surface area contributed by atoms with E-state index in [0.717, 1.165) is 30.5 Å². The standard InChI is InChI=1S/C47H57F3N6O8/c1-64-45(63)36-12-5-8-24-51-39(57)13-9-25-52-43(61)37(56-42(60)30-46(22-6-7-23-46)29-41(59)54-36)27-32-16-20-35(21-17-32)53-44(62)38(26-31-10-3-2-4-11-31)55-40(58)28-33-14-18-34(19-15-33)47(48,49)50/h2-4,10-11,14-21,36-38H,5-9,12-13,22-30H2,1H3,(H,51,57)(H,52,61)(H,53,62)(H,54,59)(H,55,58)(H,56,60)/t36-,37+,38-/m0/s1. The van der Waals surface area contributed by atoms with Crippen LogP contribution in [0.15, 0.2) is 78.9 Å². The third-order valence-electron chi connectivity index (χ3n) is 11.6.